The molecule has 6 heteroatoms. The largest absolute Gasteiger partial charge is 0.378 e. The van der Waals surface area contributed by atoms with Crippen LogP contribution in [0.3, 0.4) is 0 Å². The molecule has 0 unspecified atom stereocenters. The monoisotopic (exact) mass is 312 g/mol. The van der Waals surface area contributed by atoms with Gasteiger partial charge in [0, 0.05) is 31.6 Å². The number of hydrogen-bond donors (Lipinski definition) is 1. The molecular weight excluding hydrogens is 288 g/mol. The normalized spacial score (nSPS) is 16.1. The zero-order valence-corrected chi connectivity index (χ0v) is 13.4. The summed E-state index contributed by atoms with van der Waals surface area (Å²) in [6.07, 6.45) is 1.93. The summed E-state index contributed by atoms with van der Waals surface area (Å²) in [6, 6.07) is 8.51. The quantitative estimate of drug-likeness (QED) is 0.763. The van der Waals surface area contributed by atoms with Gasteiger partial charge in [0.25, 0.3) is 0 Å². The van der Waals surface area contributed by atoms with Gasteiger partial charge in [0.2, 0.25) is 0 Å². The molecule has 0 amide bonds. The topological polar surface area (TPSA) is 58.6 Å². The molecule has 0 aromatic heterocycles. The summed E-state index contributed by atoms with van der Waals surface area (Å²) in [5.74, 6) is 0.246. The van der Waals surface area contributed by atoms with E-state index in [1.54, 1.807) is 0 Å². The Bertz CT molecular complexity index is 522. The first-order chi connectivity index (χ1) is 10.0. The van der Waals surface area contributed by atoms with E-state index in [1.165, 1.54) is 17.5 Å². The minimum atomic E-state index is -2.84. The van der Waals surface area contributed by atoms with Crippen molar-refractivity contribution in [2.75, 3.05) is 49.8 Å². The minimum absolute atomic E-state index is 0.246. The van der Waals surface area contributed by atoms with Crippen LogP contribution in [-0.2, 0) is 21.1 Å². The number of hydrogen-bond acceptors (Lipinski definition) is 5. The lowest BCUT2D eigenvalue weighted by atomic mass is 10.2. The highest BCUT2D eigenvalue weighted by Gasteiger charge is 2.10. The van der Waals surface area contributed by atoms with Crippen LogP contribution >= 0.6 is 0 Å². The van der Waals surface area contributed by atoms with Crippen LogP contribution in [0.4, 0.5) is 5.69 Å². The van der Waals surface area contributed by atoms with E-state index >= 15 is 0 Å². The summed E-state index contributed by atoms with van der Waals surface area (Å²) in [4.78, 5) is 2.33. The van der Waals surface area contributed by atoms with Crippen molar-refractivity contribution in [2.24, 2.45) is 0 Å². The van der Waals surface area contributed by atoms with Crippen molar-refractivity contribution in [3.63, 3.8) is 0 Å². The average molecular weight is 312 g/mol. The molecular formula is C15H24N2O3S. The molecule has 5 nitrogen and oxygen atoms in total. The highest BCUT2D eigenvalue weighted by Crippen LogP contribution is 2.16. The van der Waals surface area contributed by atoms with Crippen molar-refractivity contribution in [3.8, 4) is 0 Å². The van der Waals surface area contributed by atoms with Crippen LogP contribution in [0.25, 0.3) is 0 Å². The SMILES string of the molecule is CS(=O)(=O)CCCNCc1ccc(N2CCOCC2)cc1. The van der Waals surface area contributed by atoms with Gasteiger partial charge in [0.05, 0.1) is 19.0 Å². The Morgan fingerprint density at radius 1 is 1.19 bits per heavy atom. The Hall–Kier alpha value is -1.11. The third-order valence-corrected chi connectivity index (χ3v) is 4.54. The van der Waals surface area contributed by atoms with E-state index in [-0.39, 0.29) is 5.75 Å². The van der Waals surface area contributed by atoms with Gasteiger partial charge in [0.1, 0.15) is 9.84 Å². The van der Waals surface area contributed by atoms with E-state index in [9.17, 15) is 8.42 Å². The van der Waals surface area contributed by atoms with Gasteiger partial charge in [0.15, 0.2) is 0 Å². The van der Waals surface area contributed by atoms with Gasteiger partial charge in [-0.1, -0.05) is 12.1 Å². The van der Waals surface area contributed by atoms with Crippen LogP contribution < -0.4 is 10.2 Å². The van der Waals surface area contributed by atoms with Gasteiger partial charge in [-0.3, -0.25) is 0 Å². The molecule has 1 fully saturated rings. The molecule has 0 spiro atoms. The lowest BCUT2D eigenvalue weighted by Crippen LogP contribution is -2.36. The van der Waals surface area contributed by atoms with Crippen molar-refractivity contribution in [1.82, 2.24) is 5.32 Å². The molecule has 0 aliphatic carbocycles. The van der Waals surface area contributed by atoms with Crippen molar-refractivity contribution in [1.29, 1.82) is 0 Å². The first-order valence-electron chi connectivity index (χ1n) is 7.35. The first-order valence-corrected chi connectivity index (χ1v) is 9.41. The van der Waals surface area contributed by atoms with E-state index in [0.29, 0.717) is 6.42 Å². The first kappa shape index (κ1) is 16.3. The zero-order valence-electron chi connectivity index (χ0n) is 12.5. The molecule has 118 valence electrons. The summed E-state index contributed by atoms with van der Waals surface area (Å²) in [5, 5.41) is 3.28. The standard InChI is InChI=1S/C15H24N2O3S/c1-21(18,19)12-2-7-16-13-14-3-5-15(6-4-14)17-8-10-20-11-9-17/h3-6,16H,2,7-13H2,1H3. The molecule has 1 aliphatic heterocycles. The zero-order chi connectivity index (χ0) is 15.1. The summed E-state index contributed by atoms with van der Waals surface area (Å²) < 4.78 is 27.4. The van der Waals surface area contributed by atoms with E-state index in [2.05, 4.69) is 34.5 Å². The fraction of sp³-hybridized carbons (Fsp3) is 0.600. The highest BCUT2D eigenvalue weighted by atomic mass is 32.2. The fourth-order valence-corrected chi connectivity index (χ4v) is 3.01. The molecule has 1 aromatic rings. The third-order valence-electron chi connectivity index (χ3n) is 3.51. The number of sulfone groups is 1. The molecule has 2 rings (SSSR count). The molecule has 1 N–H and O–H groups in total. The van der Waals surface area contributed by atoms with Crippen molar-refractivity contribution >= 4 is 15.5 Å². The predicted octanol–water partition coefficient (Wildman–Crippen LogP) is 1.05. The van der Waals surface area contributed by atoms with Gasteiger partial charge < -0.3 is 15.0 Å². The van der Waals surface area contributed by atoms with E-state index in [4.69, 9.17) is 4.74 Å². The number of rotatable bonds is 7. The molecule has 1 aromatic carbocycles. The minimum Gasteiger partial charge on any atom is -0.378 e. The lowest BCUT2D eigenvalue weighted by Gasteiger charge is -2.28. The summed E-state index contributed by atoms with van der Waals surface area (Å²) in [7, 11) is -2.84. The Morgan fingerprint density at radius 2 is 1.86 bits per heavy atom. The van der Waals surface area contributed by atoms with Crippen molar-refractivity contribution < 1.29 is 13.2 Å². The number of ether oxygens (including phenoxy) is 1. The maximum atomic E-state index is 11.0. The number of nitrogens with one attached hydrogen (secondary N) is 1. The highest BCUT2D eigenvalue weighted by molar-refractivity contribution is 7.90. The Balaban J connectivity index is 1.72. The second kappa shape index (κ2) is 7.77. The number of benzene rings is 1. The van der Waals surface area contributed by atoms with Crippen molar-refractivity contribution in [2.45, 2.75) is 13.0 Å². The maximum absolute atomic E-state index is 11.0. The molecule has 0 atom stereocenters. The number of nitrogens with zero attached hydrogens (tertiary/aromatic N) is 1. The van der Waals surface area contributed by atoms with Gasteiger partial charge in [-0.2, -0.15) is 0 Å². The summed E-state index contributed by atoms with van der Waals surface area (Å²) in [6.45, 7) is 4.98. The van der Waals surface area contributed by atoms with Crippen LogP contribution in [0.2, 0.25) is 0 Å². The molecule has 1 saturated heterocycles. The number of anilines is 1. The van der Waals surface area contributed by atoms with Gasteiger partial charge in [-0.05, 0) is 30.7 Å². The van der Waals surface area contributed by atoms with Crippen LogP contribution in [0, 0.1) is 0 Å². The second-order valence-corrected chi connectivity index (χ2v) is 7.69. The smallest absolute Gasteiger partial charge is 0.147 e. The molecule has 1 aliphatic rings. The van der Waals surface area contributed by atoms with Crippen LogP contribution in [0.15, 0.2) is 24.3 Å². The fourth-order valence-electron chi connectivity index (χ4n) is 2.34. The van der Waals surface area contributed by atoms with Gasteiger partial charge >= 0.3 is 0 Å². The summed E-state index contributed by atoms with van der Waals surface area (Å²) >= 11 is 0. The van der Waals surface area contributed by atoms with Gasteiger partial charge in [-0.15, -0.1) is 0 Å². The number of morpholine rings is 1. The molecule has 0 saturated carbocycles. The van der Waals surface area contributed by atoms with Crippen LogP contribution in [0.5, 0.6) is 0 Å². The summed E-state index contributed by atoms with van der Waals surface area (Å²) in [5.41, 5.74) is 2.45. The molecule has 0 radical (unpaired) electrons. The molecule has 0 bridgehead atoms. The van der Waals surface area contributed by atoms with Crippen LogP contribution in [0.1, 0.15) is 12.0 Å². The van der Waals surface area contributed by atoms with E-state index in [0.717, 1.165) is 39.4 Å². The predicted molar refractivity (Wildman–Crippen MR) is 85.5 cm³/mol. The van der Waals surface area contributed by atoms with Crippen LogP contribution in [-0.4, -0.2) is 53.3 Å². The Morgan fingerprint density at radius 3 is 2.48 bits per heavy atom. The van der Waals surface area contributed by atoms with Gasteiger partial charge in [-0.25, -0.2) is 8.42 Å². The van der Waals surface area contributed by atoms with Crippen molar-refractivity contribution in [3.05, 3.63) is 29.8 Å². The van der Waals surface area contributed by atoms with E-state index in [1.807, 2.05) is 0 Å². The van der Waals surface area contributed by atoms with E-state index < -0.39 is 9.84 Å². The average Bonchev–Trinajstić information content (AvgIpc) is 2.47. The maximum Gasteiger partial charge on any atom is 0.147 e. The second-order valence-electron chi connectivity index (χ2n) is 5.43. The third kappa shape index (κ3) is 6.03. The molecule has 1 heterocycles. The lowest BCUT2D eigenvalue weighted by molar-refractivity contribution is 0.122. The Kier molecular flexibility index (Phi) is 6.02. The Labute approximate surface area is 127 Å². The molecule has 21 heavy (non-hydrogen) atoms.